The number of amides is 1. The Kier molecular flexibility index (Phi) is 5.43. The molecule has 0 aliphatic heterocycles. The number of ether oxygens (including phenoxy) is 1. The minimum absolute atomic E-state index is 0.236. The zero-order valence-corrected chi connectivity index (χ0v) is 14.7. The molecule has 2 aromatic heterocycles. The van der Waals surface area contributed by atoms with Crippen molar-refractivity contribution in [3.05, 3.63) is 78.3 Å². The van der Waals surface area contributed by atoms with Crippen molar-refractivity contribution >= 4 is 17.3 Å². The highest BCUT2D eigenvalue weighted by atomic mass is 16.5. The quantitative estimate of drug-likeness (QED) is 0.694. The van der Waals surface area contributed by atoms with E-state index in [0.29, 0.717) is 12.4 Å². The number of anilines is 1. The third-order valence-corrected chi connectivity index (χ3v) is 3.84. The van der Waals surface area contributed by atoms with Crippen LogP contribution in [0.1, 0.15) is 18.1 Å². The van der Waals surface area contributed by atoms with Gasteiger partial charge in [-0.05, 0) is 30.2 Å². The second kappa shape index (κ2) is 8.11. The Hall–Kier alpha value is -3.41. The van der Waals surface area contributed by atoms with E-state index in [0.717, 1.165) is 22.4 Å². The largest absolute Gasteiger partial charge is 0.496 e. The highest BCUT2D eigenvalue weighted by Crippen LogP contribution is 2.25. The summed E-state index contributed by atoms with van der Waals surface area (Å²) in [5.41, 5.74) is 2.74. The Labute approximate surface area is 152 Å². The normalized spacial score (nSPS) is 11.2. The number of hydrogen-bond acceptors (Lipinski definition) is 4. The lowest BCUT2D eigenvalue weighted by molar-refractivity contribution is -0.111. The van der Waals surface area contributed by atoms with Gasteiger partial charge < -0.3 is 10.1 Å². The molecule has 0 unspecified atom stereocenters. The van der Waals surface area contributed by atoms with Crippen molar-refractivity contribution in [2.24, 2.45) is 0 Å². The van der Waals surface area contributed by atoms with Gasteiger partial charge in [-0.3, -0.25) is 14.5 Å². The third-order valence-electron chi connectivity index (χ3n) is 3.84. The standard InChI is InChI=1S/C20H20N4O2/c1-15(17-7-3-4-8-18(17)26-2)12-20(25)22-19-9-11-24(23-19)14-16-6-5-10-21-13-16/h3-13H,14H2,1-2H3,(H,22,23,25)/b15-12+. The molecule has 0 atom stereocenters. The van der Waals surface area contributed by atoms with Gasteiger partial charge in [-0.25, -0.2) is 0 Å². The topological polar surface area (TPSA) is 69.0 Å². The van der Waals surface area contributed by atoms with Crippen LogP contribution in [0, 0.1) is 0 Å². The van der Waals surface area contributed by atoms with Crippen molar-refractivity contribution in [1.82, 2.24) is 14.8 Å². The molecule has 1 aromatic carbocycles. The van der Waals surface area contributed by atoms with Crippen LogP contribution in [-0.2, 0) is 11.3 Å². The van der Waals surface area contributed by atoms with E-state index in [-0.39, 0.29) is 5.91 Å². The van der Waals surface area contributed by atoms with Gasteiger partial charge in [0.1, 0.15) is 5.75 Å². The van der Waals surface area contributed by atoms with Gasteiger partial charge in [0, 0.05) is 36.3 Å². The van der Waals surface area contributed by atoms with Crippen molar-refractivity contribution in [3.8, 4) is 5.75 Å². The number of carbonyl (C=O) groups excluding carboxylic acids is 1. The molecule has 1 amide bonds. The number of allylic oxidation sites excluding steroid dienone is 1. The number of carbonyl (C=O) groups is 1. The maximum Gasteiger partial charge on any atom is 0.249 e. The molecule has 6 heteroatoms. The molecule has 6 nitrogen and oxygen atoms in total. The van der Waals surface area contributed by atoms with Crippen LogP contribution in [-0.4, -0.2) is 27.8 Å². The van der Waals surface area contributed by atoms with E-state index < -0.39 is 0 Å². The Morgan fingerprint density at radius 1 is 1.23 bits per heavy atom. The number of hydrogen-bond donors (Lipinski definition) is 1. The molecule has 26 heavy (non-hydrogen) atoms. The number of aromatic nitrogens is 3. The maximum atomic E-state index is 12.3. The second-order valence-corrected chi connectivity index (χ2v) is 5.78. The molecule has 132 valence electrons. The lowest BCUT2D eigenvalue weighted by Gasteiger charge is -2.08. The maximum absolute atomic E-state index is 12.3. The first kappa shape index (κ1) is 17.4. The van der Waals surface area contributed by atoms with Crippen LogP contribution in [0.15, 0.2) is 67.1 Å². The molecule has 0 saturated carbocycles. The van der Waals surface area contributed by atoms with E-state index in [2.05, 4.69) is 15.4 Å². The van der Waals surface area contributed by atoms with E-state index in [1.807, 2.05) is 49.5 Å². The fourth-order valence-electron chi connectivity index (χ4n) is 2.60. The van der Waals surface area contributed by atoms with Crippen LogP contribution in [0.4, 0.5) is 5.82 Å². The second-order valence-electron chi connectivity index (χ2n) is 5.78. The van der Waals surface area contributed by atoms with Crippen LogP contribution >= 0.6 is 0 Å². The molecule has 2 heterocycles. The summed E-state index contributed by atoms with van der Waals surface area (Å²) in [6.07, 6.45) is 6.88. The first-order valence-corrected chi connectivity index (χ1v) is 8.21. The summed E-state index contributed by atoms with van der Waals surface area (Å²) in [7, 11) is 1.61. The zero-order valence-electron chi connectivity index (χ0n) is 14.7. The summed E-state index contributed by atoms with van der Waals surface area (Å²) in [5, 5.41) is 7.14. The molecule has 0 bridgehead atoms. The average molecular weight is 348 g/mol. The van der Waals surface area contributed by atoms with Gasteiger partial charge in [-0.2, -0.15) is 5.10 Å². The molecule has 0 radical (unpaired) electrons. The molecule has 0 spiro atoms. The molecule has 0 fully saturated rings. The SMILES string of the molecule is COc1ccccc1/C(C)=C/C(=O)Nc1ccn(Cc2cccnc2)n1. The Bertz CT molecular complexity index is 916. The van der Waals surface area contributed by atoms with Gasteiger partial charge in [0.15, 0.2) is 5.82 Å². The molecule has 0 aliphatic carbocycles. The summed E-state index contributed by atoms with van der Waals surface area (Å²) in [4.78, 5) is 16.4. The van der Waals surface area contributed by atoms with E-state index in [9.17, 15) is 4.79 Å². The Morgan fingerprint density at radius 2 is 2.08 bits per heavy atom. The van der Waals surface area contributed by atoms with Crippen LogP contribution < -0.4 is 10.1 Å². The highest BCUT2D eigenvalue weighted by Gasteiger charge is 2.07. The summed E-state index contributed by atoms with van der Waals surface area (Å²) in [6, 6.07) is 13.2. The number of pyridine rings is 1. The minimum atomic E-state index is -0.236. The van der Waals surface area contributed by atoms with Crippen molar-refractivity contribution in [2.75, 3.05) is 12.4 Å². The van der Waals surface area contributed by atoms with Crippen molar-refractivity contribution in [2.45, 2.75) is 13.5 Å². The number of nitrogens with zero attached hydrogens (tertiary/aromatic N) is 3. The molecular weight excluding hydrogens is 328 g/mol. The van der Waals surface area contributed by atoms with Crippen LogP contribution in [0.3, 0.4) is 0 Å². The van der Waals surface area contributed by atoms with Gasteiger partial charge >= 0.3 is 0 Å². The zero-order chi connectivity index (χ0) is 18.4. The number of methoxy groups -OCH3 is 1. The monoisotopic (exact) mass is 348 g/mol. The van der Waals surface area contributed by atoms with Crippen molar-refractivity contribution < 1.29 is 9.53 Å². The fraction of sp³-hybridized carbons (Fsp3) is 0.150. The summed E-state index contributed by atoms with van der Waals surface area (Å²) >= 11 is 0. The molecule has 0 aliphatic rings. The van der Waals surface area contributed by atoms with Gasteiger partial charge in [0.25, 0.3) is 0 Å². The highest BCUT2D eigenvalue weighted by molar-refractivity contribution is 6.03. The molecule has 1 N–H and O–H groups in total. The van der Waals surface area contributed by atoms with E-state index in [1.54, 1.807) is 30.3 Å². The average Bonchev–Trinajstić information content (AvgIpc) is 3.09. The van der Waals surface area contributed by atoms with Crippen LogP contribution in [0.5, 0.6) is 5.75 Å². The lowest BCUT2D eigenvalue weighted by Crippen LogP contribution is -2.10. The van der Waals surface area contributed by atoms with Crippen LogP contribution in [0.2, 0.25) is 0 Å². The number of para-hydroxylation sites is 1. The van der Waals surface area contributed by atoms with Gasteiger partial charge in [0.05, 0.1) is 13.7 Å². The Balaban J connectivity index is 1.66. The number of benzene rings is 1. The third kappa shape index (κ3) is 4.36. The lowest BCUT2D eigenvalue weighted by atomic mass is 10.1. The predicted molar refractivity (Wildman–Crippen MR) is 101 cm³/mol. The van der Waals surface area contributed by atoms with Gasteiger partial charge in [0.2, 0.25) is 5.91 Å². The van der Waals surface area contributed by atoms with Gasteiger partial charge in [-0.1, -0.05) is 24.3 Å². The first-order chi connectivity index (χ1) is 12.7. The van der Waals surface area contributed by atoms with E-state index in [1.165, 1.54) is 6.08 Å². The van der Waals surface area contributed by atoms with E-state index >= 15 is 0 Å². The molecule has 0 saturated heterocycles. The molecule has 3 aromatic rings. The van der Waals surface area contributed by atoms with Crippen LogP contribution in [0.25, 0.3) is 5.57 Å². The van der Waals surface area contributed by atoms with Crippen molar-refractivity contribution in [1.29, 1.82) is 0 Å². The summed E-state index contributed by atoms with van der Waals surface area (Å²) < 4.78 is 7.09. The first-order valence-electron chi connectivity index (χ1n) is 8.21. The molecular formula is C20H20N4O2. The Morgan fingerprint density at radius 3 is 2.85 bits per heavy atom. The summed E-state index contributed by atoms with van der Waals surface area (Å²) in [5.74, 6) is 0.998. The predicted octanol–water partition coefficient (Wildman–Crippen LogP) is 3.38. The van der Waals surface area contributed by atoms with Gasteiger partial charge in [-0.15, -0.1) is 0 Å². The fourth-order valence-corrected chi connectivity index (χ4v) is 2.60. The number of rotatable bonds is 6. The minimum Gasteiger partial charge on any atom is -0.496 e. The molecule has 3 rings (SSSR count). The van der Waals surface area contributed by atoms with E-state index in [4.69, 9.17) is 4.74 Å². The number of nitrogens with one attached hydrogen (secondary N) is 1. The van der Waals surface area contributed by atoms with Crippen molar-refractivity contribution in [3.63, 3.8) is 0 Å². The summed E-state index contributed by atoms with van der Waals surface area (Å²) in [6.45, 7) is 2.47. The smallest absolute Gasteiger partial charge is 0.249 e.